The third-order valence-electron chi connectivity index (χ3n) is 6.69. The SMILES string of the molecule is CC(C)c1cn(CCNC(C)(C)C)c(C2CCN(c3ncnc4c3C(C)CC(=O)N4)CC2)n1.Cl.Cl. The molecular weight excluding hydrogens is 485 g/mol. The summed E-state index contributed by atoms with van der Waals surface area (Å²) in [5, 5.41) is 6.52. The number of nitrogens with one attached hydrogen (secondary N) is 2. The summed E-state index contributed by atoms with van der Waals surface area (Å²) >= 11 is 0. The molecule has 1 amide bonds. The molecule has 35 heavy (non-hydrogen) atoms. The predicted molar refractivity (Wildman–Crippen MR) is 146 cm³/mol. The van der Waals surface area contributed by atoms with Crippen molar-refractivity contribution in [1.29, 1.82) is 0 Å². The van der Waals surface area contributed by atoms with E-state index in [-0.39, 0.29) is 42.2 Å². The molecule has 0 aromatic carbocycles. The zero-order chi connectivity index (χ0) is 23.8. The molecule has 2 aromatic rings. The van der Waals surface area contributed by atoms with Crippen LogP contribution < -0.4 is 15.5 Å². The summed E-state index contributed by atoms with van der Waals surface area (Å²) in [6.07, 6.45) is 6.40. The molecule has 0 spiro atoms. The minimum Gasteiger partial charge on any atom is -0.356 e. The maximum atomic E-state index is 11.9. The fourth-order valence-electron chi connectivity index (χ4n) is 4.89. The van der Waals surface area contributed by atoms with Gasteiger partial charge < -0.3 is 20.1 Å². The summed E-state index contributed by atoms with van der Waals surface area (Å²) in [4.78, 5) is 28.3. The van der Waals surface area contributed by atoms with Gasteiger partial charge in [-0.2, -0.15) is 0 Å². The van der Waals surface area contributed by atoms with Crippen LogP contribution in [0.25, 0.3) is 0 Å². The highest BCUT2D eigenvalue weighted by Gasteiger charge is 2.31. The number of hydrogen-bond donors (Lipinski definition) is 2. The van der Waals surface area contributed by atoms with Gasteiger partial charge in [-0.3, -0.25) is 4.79 Å². The van der Waals surface area contributed by atoms with E-state index in [4.69, 9.17) is 4.98 Å². The molecule has 1 atom stereocenters. The molecule has 196 valence electrons. The lowest BCUT2D eigenvalue weighted by molar-refractivity contribution is -0.116. The van der Waals surface area contributed by atoms with Crippen LogP contribution in [0, 0.1) is 0 Å². The maximum absolute atomic E-state index is 11.9. The van der Waals surface area contributed by atoms with Gasteiger partial charge in [0.05, 0.1) is 5.69 Å². The number of amides is 1. The number of imidazole rings is 1. The Balaban J connectivity index is 0.00000216. The Morgan fingerprint density at radius 1 is 1.17 bits per heavy atom. The molecule has 2 N–H and O–H groups in total. The molecule has 2 aliphatic heterocycles. The number of halogens is 2. The topological polar surface area (TPSA) is 88.0 Å². The van der Waals surface area contributed by atoms with Gasteiger partial charge in [0.1, 0.15) is 23.8 Å². The van der Waals surface area contributed by atoms with E-state index in [1.54, 1.807) is 6.33 Å². The van der Waals surface area contributed by atoms with Gasteiger partial charge >= 0.3 is 0 Å². The molecule has 2 aromatic heterocycles. The third-order valence-corrected chi connectivity index (χ3v) is 6.69. The van der Waals surface area contributed by atoms with Crippen LogP contribution >= 0.6 is 24.8 Å². The number of nitrogens with zero attached hydrogens (tertiary/aromatic N) is 5. The molecule has 1 saturated heterocycles. The number of fused-ring (bicyclic) bond motifs is 1. The lowest BCUT2D eigenvalue weighted by atomic mass is 9.92. The number of hydrogen-bond acceptors (Lipinski definition) is 6. The highest BCUT2D eigenvalue weighted by molar-refractivity contribution is 5.94. The molecule has 1 unspecified atom stereocenters. The molecule has 10 heteroatoms. The third kappa shape index (κ3) is 6.86. The Kier molecular flexibility index (Phi) is 9.96. The summed E-state index contributed by atoms with van der Waals surface area (Å²) < 4.78 is 2.37. The van der Waals surface area contributed by atoms with Crippen LogP contribution in [0.5, 0.6) is 0 Å². The van der Waals surface area contributed by atoms with E-state index in [1.807, 2.05) is 0 Å². The average Bonchev–Trinajstić information content (AvgIpc) is 3.17. The standard InChI is InChI=1S/C25H39N7O.2ClH/c1-16(2)19-14-32(12-9-28-25(4,5)6)23(29-19)18-7-10-31(11-8-18)24-21-17(3)13-20(33)30-22(21)26-15-27-24;;/h14-18,28H,7-13H2,1-6H3,(H,26,27,30,33);2*1H. The van der Waals surface area contributed by atoms with Crippen molar-refractivity contribution in [1.82, 2.24) is 24.8 Å². The first-order valence-electron chi connectivity index (χ1n) is 12.3. The predicted octanol–water partition coefficient (Wildman–Crippen LogP) is 4.86. The first-order chi connectivity index (χ1) is 15.6. The van der Waals surface area contributed by atoms with E-state index in [0.717, 1.165) is 50.4 Å². The summed E-state index contributed by atoms with van der Waals surface area (Å²) in [7, 11) is 0. The van der Waals surface area contributed by atoms with Crippen LogP contribution in [0.2, 0.25) is 0 Å². The smallest absolute Gasteiger partial charge is 0.226 e. The van der Waals surface area contributed by atoms with E-state index in [0.29, 0.717) is 24.1 Å². The van der Waals surface area contributed by atoms with Crippen molar-refractivity contribution in [2.75, 3.05) is 29.9 Å². The Bertz CT molecular complexity index is 994. The van der Waals surface area contributed by atoms with Crippen LogP contribution in [-0.4, -0.2) is 50.6 Å². The Morgan fingerprint density at radius 3 is 2.49 bits per heavy atom. The molecule has 0 radical (unpaired) electrons. The van der Waals surface area contributed by atoms with Crippen molar-refractivity contribution in [2.45, 2.75) is 90.6 Å². The highest BCUT2D eigenvalue weighted by Crippen LogP contribution is 2.38. The number of piperidine rings is 1. The van der Waals surface area contributed by atoms with Gasteiger partial charge in [0.2, 0.25) is 5.91 Å². The van der Waals surface area contributed by atoms with Gasteiger partial charge in [0.25, 0.3) is 0 Å². The van der Waals surface area contributed by atoms with Crippen molar-refractivity contribution in [3.63, 3.8) is 0 Å². The molecule has 4 heterocycles. The van der Waals surface area contributed by atoms with E-state index in [9.17, 15) is 4.79 Å². The Hall–Kier alpha value is -1.90. The monoisotopic (exact) mass is 525 g/mol. The Labute approximate surface area is 221 Å². The van der Waals surface area contributed by atoms with Gasteiger partial charge in [0, 0.05) is 55.8 Å². The first-order valence-corrected chi connectivity index (χ1v) is 12.3. The van der Waals surface area contributed by atoms with Crippen LogP contribution in [0.4, 0.5) is 11.6 Å². The van der Waals surface area contributed by atoms with Crippen LogP contribution in [0.15, 0.2) is 12.5 Å². The number of carbonyl (C=O) groups excluding carboxylic acids is 1. The van der Waals surface area contributed by atoms with E-state index in [1.165, 1.54) is 11.5 Å². The lowest BCUT2D eigenvalue weighted by Gasteiger charge is -2.35. The second-order valence-electron chi connectivity index (χ2n) is 10.9. The zero-order valence-corrected chi connectivity index (χ0v) is 23.4. The van der Waals surface area contributed by atoms with Crippen molar-refractivity contribution >= 4 is 42.4 Å². The van der Waals surface area contributed by atoms with Crippen LogP contribution in [0.3, 0.4) is 0 Å². The first kappa shape index (κ1) is 29.3. The molecular formula is C25H41Cl2N7O. The normalized spacial score (nSPS) is 18.5. The Morgan fingerprint density at radius 2 is 1.86 bits per heavy atom. The second-order valence-corrected chi connectivity index (χ2v) is 10.9. The van der Waals surface area contributed by atoms with Crippen molar-refractivity contribution in [3.05, 3.63) is 29.6 Å². The van der Waals surface area contributed by atoms with Gasteiger partial charge in [-0.25, -0.2) is 15.0 Å². The molecule has 8 nitrogen and oxygen atoms in total. The minimum absolute atomic E-state index is 0. The highest BCUT2D eigenvalue weighted by atomic mass is 35.5. The van der Waals surface area contributed by atoms with Gasteiger partial charge in [0.15, 0.2) is 0 Å². The number of carbonyl (C=O) groups is 1. The van der Waals surface area contributed by atoms with Crippen molar-refractivity contribution in [2.24, 2.45) is 0 Å². The summed E-state index contributed by atoms with van der Waals surface area (Å²) in [5.41, 5.74) is 2.37. The molecule has 2 aliphatic rings. The fourth-order valence-corrected chi connectivity index (χ4v) is 4.89. The minimum atomic E-state index is 0. The summed E-state index contributed by atoms with van der Waals surface area (Å²) in [6.45, 7) is 16.9. The van der Waals surface area contributed by atoms with E-state index < -0.39 is 0 Å². The number of aromatic nitrogens is 4. The van der Waals surface area contributed by atoms with Gasteiger partial charge in [-0.05, 0) is 45.4 Å². The molecule has 4 rings (SSSR count). The fraction of sp³-hybridized carbons (Fsp3) is 0.680. The largest absolute Gasteiger partial charge is 0.356 e. The molecule has 0 saturated carbocycles. The van der Waals surface area contributed by atoms with Gasteiger partial charge in [-0.15, -0.1) is 24.8 Å². The quantitative estimate of drug-likeness (QED) is 0.559. The van der Waals surface area contributed by atoms with Gasteiger partial charge in [-0.1, -0.05) is 20.8 Å². The van der Waals surface area contributed by atoms with Crippen LogP contribution in [-0.2, 0) is 11.3 Å². The van der Waals surface area contributed by atoms with Crippen LogP contribution in [0.1, 0.15) is 95.6 Å². The van der Waals surface area contributed by atoms with E-state index >= 15 is 0 Å². The molecule has 1 fully saturated rings. The maximum Gasteiger partial charge on any atom is 0.226 e. The summed E-state index contributed by atoms with van der Waals surface area (Å²) in [6, 6.07) is 0. The average molecular weight is 527 g/mol. The number of anilines is 2. The zero-order valence-electron chi connectivity index (χ0n) is 21.8. The summed E-state index contributed by atoms with van der Waals surface area (Å²) in [5.74, 6) is 3.90. The second kappa shape index (κ2) is 11.9. The van der Waals surface area contributed by atoms with E-state index in [2.05, 4.69) is 77.8 Å². The lowest BCUT2D eigenvalue weighted by Crippen LogP contribution is -2.38. The van der Waals surface area contributed by atoms with Crippen molar-refractivity contribution in [3.8, 4) is 0 Å². The molecule has 0 bridgehead atoms. The molecule has 0 aliphatic carbocycles. The van der Waals surface area contributed by atoms with Crippen molar-refractivity contribution < 1.29 is 4.79 Å². The number of rotatable bonds is 6.